The lowest BCUT2D eigenvalue weighted by Gasteiger charge is -2.22. The van der Waals surface area contributed by atoms with Gasteiger partial charge in [-0.05, 0) is 12.8 Å². The number of nitrogens with zero attached hydrogens (tertiary/aromatic N) is 1. The highest BCUT2D eigenvalue weighted by atomic mass is 28.3. The van der Waals surface area contributed by atoms with Gasteiger partial charge in [0.2, 0.25) is 0 Å². The maximum atomic E-state index is 4.61. The predicted molar refractivity (Wildman–Crippen MR) is 61.0 cm³/mol. The molecule has 0 amide bonds. The summed E-state index contributed by atoms with van der Waals surface area (Å²) >= 11 is 0. The highest BCUT2D eigenvalue weighted by molar-refractivity contribution is 6.17. The van der Waals surface area contributed by atoms with Crippen LogP contribution >= 0.6 is 0 Å². The van der Waals surface area contributed by atoms with Crippen molar-refractivity contribution >= 4 is 10.0 Å². The van der Waals surface area contributed by atoms with Gasteiger partial charge in [0, 0.05) is 33.4 Å². The largest absolute Gasteiger partial charge is 0.402 e. The fraction of sp³-hybridized carbons (Fsp3) is 1.00. The minimum Gasteiger partial charge on any atom is -0.402 e. The first-order chi connectivity index (χ1) is 6.88. The van der Waals surface area contributed by atoms with Crippen LogP contribution in [0.3, 0.4) is 0 Å². The first-order valence-corrected chi connectivity index (χ1v) is 6.76. The summed E-state index contributed by atoms with van der Waals surface area (Å²) in [7, 11) is 2.73. The van der Waals surface area contributed by atoms with Gasteiger partial charge in [0.05, 0.1) is 0 Å². The third-order valence-electron chi connectivity index (χ3n) is 2.81. The molecule has 0 atom stereocenters. The molecule has 1 saturated heterocycles. The molecule has 0 spiro atoms. The van der Waals surface area contributed by atoms with Crippen LogP contribution < -0.4 is 0 Å². The smallest absolute Gasteiger partial charge is 0.303 e. The van der Waals surface area contributed by atoms with Crippen LogP contribution in [-0.4, -0.2) is 48.3 Å². The van der Waals surface area contributed by atoms with Crippen molar-refractivity contribution in [2.45, 2.75) is 38.1 Å². The van der Waals surface area contributed by atoms with Gasteiger partial charge < -0.3 is 8.85 Å². The van der Waals surface area contributed by atoms with Crippen molar-refractivity contribution in [3.05, 3.63) is 0 Å². The first-order valence-electron chi connectivity index (χ1n) is 5.60. The molecule has 0 unspecified atom stereocenters. The van der Waals surface area contributed by atoms with Gasteiger partial charge in [-0.1, -0.05) is 19.3 Å². The molecule has 1 aliphatic carbocycles. The number of hydrogen-bond donors (Lipinski definition) is 0. The third kappa shape index (κ3) is 5.10. The molecule has 0 aromatic carbocycles. The van der Waals surface area contributed by atoms with Crippen molar-refractivity contribution < 1.29 is 8.85 Å². The van der Waals surface area contributed by atoms with Gasteiger partial charge in [-0.3, -0.25) is 4.90 Å². The maximum Gasteiger partial charge on any atom is 0.303 e. The molecule has 1 aliphatic heterocycles. The Hall–Kier alpha value is 0.0969. The van der Waals surface area contributed by atoms with E-state index in [-0.39, 0.29) is 0 Å². The molecule has 1 saturated carbocycles. The molecule has 1 heterocycles. The van der Waals surface area contributed by atoms with Crippen molar-refractivity contribution in [2.24, 2.45) is 0 Å². The van der Waals surface area contributed by atoms with E-state index >= 15 is 0 Å². The minimum absolute atomic E-state index is 0.568. The van der Waals surface area contributed by atoms with Crippen molar-refractivity contribution in [1.29, 1.82) is 0 Å². The summed E-state index contributed by atoms with van der Waals surface area (Å²) in [5.74, 6) is 0. The van der Waals surface area contributed by atoms with Gasteiger partial charge in [-0.25, -0.2) is 0 Å². The minimum atomic E-state index is -0.568. The molecule has 2 rings (SSSR count). The SMILES string of the molecule is C1CCC(N2CC2)CC1.CO[SiH2]OC. The molecule has 4 heteroatoms. The highest BCUT2D eigenvalue weighted by Gasteiger charge is 2.27. The number of hydrogen-bond acceptors (Lipinski definition) is 3. The van der Waals surface area contributed by atoms with Crippen LogP contribution in [0.25, 0.3) is 0 Å². The van der Waals surface area contributed by atoms with Gasteiger partial charge in [-0.15, -0.1) is 0 Å². The second-order valence-electron chi connectivity index (χ2n) is 4.02. The van der Waals surface area contributed by atoms with E-state index in [1.165, 1.54) is 45.2 Å². The average molecular weight is 217 g/mol. The molecule has 0 aromatic rings. The Morgan fingerprint density at radius 2 is 1.57 bits per heavy atom. The van der Waals surface area contributed by atoms with E-state index in [4.69, 9.17) is 0 Å². The number of rotatable bonds is 3. The van der Waals surface area contributed by atoms with E-state index in [0.29, 0.717) is 0 Å². The van der Waals surface area contributed by atoms with E-state index in [0.717, 1.165) is 6.04 Å². The fourth-order valence-corrected chi connectivity index (χ4v) is 2.22. The normalized spacial score (nSPS) is 22.7. The van der Waals surface area contributed by atoms with Crippen molar-refractivity contribution in [2.75, 3.05) is 27.3 Å². The van der Waals surface area contributed by atoms with E-state index in [2.05, 4.69) is 13.8 Å². The van der Waals surface area contributed by atoms with Gasteiger partial charge in [0.1, 0.15) is 0 Å². The quantitative estimate of drug-likeness (QED) is 0.518. The molecule has 0 aromatic heterocycles. The molecule has 2 fully saturated rings. The Labute approximate surface area is 89.8 Å². The summed E-state index contributed by atoms with van der Waals surface area (Å²) in [6, 6.07) is 0.999. The van der Waals surface area contributed by atoms with Gasteiger partial charge >= 0.3 is 10.0 Å². The molecule has 0 N–H and O–H groups in total. The summed E-state index contributed by atoms with van der Waals surface area (Å²) < 4.78 is 9.22. The molecule has 0 radical (unpaired) electrons. The van der Waals surface area contributed by atoms with E-state index in [9.17, 15) is 0 Å². The molecule has 3 nitrogen and oxygen atoms in total. The molecule has 84 valence electrons. The lowest BCUT2D eigenvalue weighted by atomic mass is 9.96. The predicted octanol–water partition coefficient (Wildman–Crippen LogP) is 0.913. The Balaban J connectivity index is 0.000000171. The van der Waals surface area contributed by atoms with Crippen LogP contribution in [0.15, 0.2) is 0 Å². The average Bonchev–Trinajstić information content (AvgIpc) is 3.05. The summed E-state index contributed by atoms with van der Waals surface area (Å²) in [6.45, 7) is 2.79. The van der Waals surface area contributed by atoms with Crippen LogP contribution in [0, 0.1) is 0 Å². The van der Waals surface area contributed by atoms with E-state index in [1.54, 1.807) is 14.2 Å². The molecular weight excluding hydrogens is 194 g/mol. The van der Waals surface area contributed by atoms with Gasteiger partial charge in [-0.2, -0.15) is 0 Å². The zero-order valence-corrected chi connectivity index (χ0v) is 10.9. The van der Waals surface area contributed by atoms with Crippen molar-refractivity contribution in [3.63, 3.8) is 0 Å². The monoisotopic (exact) mass is 217 g/mol. The van der Waals surface area contributed by atoms with Crippen LogP contribution in [0.5, 0.6) is 0 Å². The summed E-state index contributed by atoms with van der Waals surface area (Å²) in [6.07, 6.45) is 7.44. The van der Waals surface area contributed by atoms with Crippen molar-refractivity contribution in [3.8, 4) is 0 Å². The van der Waals surface area contributed by atoms with Gasteiger partial charge in [0.25, 0.3) is 0 Å². The summed E-state index contributed by atoms with van der Waals surface area (Å²) in [5.41, 5.74) is 0. The Morgan fingerprint density at radius 1 is 1.00 bits per heavy atom. The molecular formula is C10H23NO2Si. The maximum absolute atomic E-state index is 4.61. The fourth-order valence-electron chi connectivity index (χ4n) is 1.99. The zero-order valence-electron chi connectivity index (χ0n) is 9.50. The Bertz CT molecular complexity index is 134. The highest BCUT2D eigenvalue weighted by Crippen LogP contribution is 2.25. The first kappa shape index (κ1) is 12.2. The van der Waals surface area contributed by atoms with Crippen LogP contribution in [0.1, 0.15) is 32.1 Å². The van der Waals surface area contributed by atoms with Crippen LogP contribution in [0.2, 0.25) is 0 Å². The molecule has 2 aliphatic rings. The van der Waals surface area contributed by atoms with Gasteiger partial charge in [0.15, 0.2) is 0 Å². The molecule has 0 bridgehead atoms. The second kappa shape index (κ2) is 7.40. The lowest BCUT2D eigenvalue weighted by Crippen LogP contribution is -2.21. The van der Waals surface area contributed by atoms with E-state index < -0.39 is 10.0 Å². The second-order valence-corrected chi connectivity index (χ2v) is 5.41. The van der Waals surface area contributed by atoms with E-state index in [1.807, 2.05) is 0 Å². The van der Waals surface area contributed by atoms with Crippen LogP contribution in [0.4, 0.5) is 0 Å². The zero-order chi connectivity index (χ0) is 10.2. The Kier molecular flexibility index (Phi) is 6.43. The topological polar surface area (TPSA) is 21.5 Å². The standard InChI is InChI=1S/C8H15N.C2H8O2Si/c1-2-4-8(5-3-1)9-6-7-9;1-3-5-4-2/h8H,1-7H2;5H2,1-2H3. The summed E-state index contributed by atoms with van der Waals surface area (Å²) in [4.78, 5) is 2.61. The molecule has 14 heavy (non-hydrogen) atoms. The van der Waals surface area contributed by atoms with Crippen molar-refractivity contribution in [1.82, 2.24) is 4.90 Å². The third-order valence-corrected chi connectivity index (χ3v) is 3.28. The Morgan fingerprint density at radius 3 is 1.93 bits per heavy atom. The van der Waals surface area contributed by atoms with Crippen LogP contribution in [-0.2, 0) is 8.85 Å². The summed E-state index contributed by atoms with van der Waals surface area (Å²) in [5, 5.41) is 0. The lowest BCUT2D eigenvalue weighted by molar-refractivity contribution is 0.299.